The fraction of sp³-hybridized carbons (Fsp3) is 0.452. The number of ether oxygens (including phenoxy) is 3. The smallest absolute Gasteiger partial charge is 0.326 e. The van der Waals surface area contributed by atoms with Crippen molar-refractivity contribution in [1.82, 2.24) is 15.2 Å². The van der Waals surface area contributed by atoms with Crippen molar-refractivity contribution in [3.63, 3.8) is 0 Å². The van der Waals surface area contributed by atoms with Crippen molar-refractivity contribution < 1.29 is 34.3 Å². The number of aliphatic carboxylic acids is 1. The molecule has 1 aromatic heterocycles. The maximum absolute atomic E-state index is 11.9. The van der Waals surface area contributed by atoms with Gasteiger partial charge in [0.1, 0.15) is 41.9 Å². The zero-order valence-electron chi connectivity index (χ0n) is 31.1. The lowest BCUT2D eigenvalue weighted by atomic mass is 9.65. The predicted molar refractivity (Wildman–Crippen MR) is 205 cm³/mol. The van der Waals surface area contributed by atoms with Gasteiger partial charge in [-0.25, -0.2) is 0 Å². The van der Waals surface area contributed by atoms with Crippen LogP contribution in [0.3, 0.4) is 0 Å². The van der Waals surface area contributed by atoms with E-state index in [1.54, 1.807) is 24.4 Å². The lowest BCUT2D eigenvalue weighted by Gasteiger charge is -2.48. The van der Waals surface area contributed by atoms with Crippen molar-refractivity contribution in [3.8, 4) is 17.6 Å². The van der Waals surface area contributed by atoms with Gasteiger partial charge in [0, 0.05) is 66.6 Å². The predicted octanol–water partition coefficient (Wildman–Crippen LogP) is 5.77. The van der Waals surface area contributed by atoms with Gasteiger partial charge in [-0.1, -0.05) is 67.9 Å². The van der Waals surface area contributed by atoms with Gasteiger partial charge in [0.15, 0.2) is 0 Å². The molecule has 0 bridgehead atoms. The van der Waals surface area contributed by atoms with E-state index >= 15 is 0 Å². The minimum absolute atomic E-state index is 0.000911. The Morgan fingerprint density at radius 3 is 2.57 bits per heavy atom. The summed E-state index contributed by atoms with van der Waals surface area (Å²) in [4.78, 5) is 18.4. The van der Waals surface area contributed by atoms with Crippen molar-refractivity contribution in [1.29, 1.82) is 5.26 Å². The number of pyridine rings is 1. The van der Waals surface area contributed by atoms with Crippen LogP contribution in [-0.2, 0) is 22.7 Å². The summed E-state index contributed by atoms with van der Waals surface area (Å²) in [5.74, 6) is -0.489. The summed E-state index contributed by atoms with van der Waals surface area (Å²) in [6.07, 6.45) is 11.9. The molecule has 2 fully saturated rings. The number of carbonyl (C=O) groups is 1. The molecule has 2 unspecified atom stereocenters. The van der Waals surface area contributed by atoms with Gasteiger partial charge in [-0.05, 0) is 55.5 Å². The van der Waals surface area contributed by atoms with Crippen LogP contribution in [0.4, 0.5) is 0 Å². The second-order valence-corrected chi connectivity index (χ2v) is 16.0. The summed E-state index contributed by atoms with van der Waals surface area (Å²) in [5, 5.41) is 42.3. The van der Waals surface area contributed by atoms with E-state index in [1.807, 2.05) is 24.3 Å². The Morgan fingerprint density at radius 2 is 1.91 bits per heavy atom. The molecule has 3 aliphatic rings. The molecule has 54 heavy (non-hydrogen) atoms. The zero-order valence-corrected chi connectivity index (χ0v) is 31.8. The van der Waals surface area contributed by atoms with Crippen LogP contribution in [0.5, 0.6) is 11.5 Å². The number of carboxylic acid groups (broad SMARTS) is 1. The highest BCUT2D eigenvalue weighted by Crippen LogP contribution is 2.53. The summed E-state index contributed by atoms with van der Waals surface area (Å²) < 4.78 is 20.0. The largest absolute Gasteiger partial charge is 0.488 e. The molecule has 2 aromatic carbocycles. The number of nitrogens with one attached hydrogen (secondary N) is 1. The molecule has 0 spiro atoms. The third-order valence-electron chi connectivity index (χ3n) is 11.2. The topological polar surface area (TPSA) is 157 Å². The average molecular weight is 757 g/mol. The molecule has 0 amide bonds. The van der Waals surface area contributed by atoms with Gasteiger partial charge in [-0.2, -0.15) is 5.26 Å². The Morgan fingerprint density at radius 1 is 1.13 bits per heavy atom. The number of hydrogen-bond acceptors (Lipinski definition) is 10. The number of nitriles is 1. The van der Waals surface area contributed by atoms with Gasteiger partial charge >= 0.3 is 5.97 Å². The number of aromatic nitrogens is 1. The fourth-order valence-electron chi connectivity index (χ4n) is 7.18. The summed E-state index contributed by atoms with van der Waals surface area (Å²) in [7, 11) is 0. The third-order valence-corrected chi connectivity index (χ3v) is 11.5. The number of hydrogen-bond donors (Lipinski definition) is 4. The number of benzene rings is 2. The van der Waals surface area contributed by atoms with Crippen LogP contribution in [0.1, 0.15) is 62.3 Å². The summed E-state index contributed by atoms with van der Waals surface area (Å²) >= 11 is 6.91. The first-order valence-electron chi connectivity index (χ1n) is 18.3. The van der Waals surface area contributed by atoms with Crippen LogP contribution in [0.25, 0.3) is 5.57 Å². The molecule has 4 N–H and O–H groups in total. The molecule has 2 aliphatic carbocycles. The first kappa shape index (κ1) is 39.4. The van der Waals surface area contributed by atoms with Crippen LogP contribution in [0, 0.1) is 22.2 Å². The molecule has 6 rings (SSSR count). The molecular weight excluding hydrogens is 708 g/mol. The Bertz CT molecular complexity index is 1920. The average Bonchev–Trinajstić information content (AvgIpc) is 3.82. The van der Waals surface area contributed by atoms with Crippen molar-refractivity contribution in [2.24, 2.45) is 10.8 Å². The number of β-amino-alcohol motifs (C(OH)–C–C–N with tert-alkyl or cyclic N) is 1. The first-order valence-corrected chi connectivity index (χ1v) is 18.7. The van der Waals surface area contributed by atoms with Crippen LogP contribution in [0.2, 0.25) is 5.02 Å². The Hall–Kier alpha value is -4.28. The van der Waals surface area contributed by atoms with Gasteiger partial charge in [0.25, 0.3) is 0 Å². The van der Waals surface area contributed by atoms with Gasteiger partial charge in [0.05, 0.1) is 29.9 Å². The van der Waals surface area contributed by atoms with Gasteiger partial charge in [-0.3, -0.25) is 15.1 Å². The van der Waals surface area contributed by atoms with Crippen LogP contribution in [-0.4, -0.2) is 87.9 Å². The SMILES string of the molecule is CC(CO)(NCc1cc(Cl)c(OCC2(OCC3(CN4CC[C@@H](O)C4)CC3)C=CC=C(c3ccccc3)C2(C)C)cc1OCc1cncc(C#N)c1)C(=O)O. The number of carboxylic acids is 1. The molecular formula is C42H49ClN4O7. The van der Waals surface area contributed by atoms with E-state index in [0.29, 0.717) is 41.3 Å². The third kappa shape index (κ3) is 8.65. The molecule has 2 heterocycles. The summed E-state index contributed by atoms with van der Waals surface area (Å²) in [5.41, 5.74) is 0.716. The Balaban J connectivity index is 1.29. The number of aliphatic hydroxyl groups is 2. The zero-order chi connectivity index (χ0) is 38.6. The highest BCUT2D eigenvalue weighted by atomic mass is 35.5. The molecule has 0 radical (unpaired) electrons. The fourth-order valence-corrected chi connectivity index (χ4v) is 7.42. The minimum Gasteiger partial charge on any atom is -0.488 e. The second-order valence-electron chi connectivity index (χ2n) is 15.6. The highest BCUT2D eigenvalue weighted by Gasteiger charge is 2.53. The highest BCUT2D eigenvalue weighted by molar-refractivity contribution is 6.32. The minimum atomic E-state index is -1.61. The number of aliphatic hydroxyl groups excluding tert-OH is 2. The maximum atomic E-state index is 11.9. The number of allylic oxidation sites excluding steroid dienone is 2. The first-order chi connectivity index (χ1) is 25.8. The van der Waals surface area contributed by atoms with Crippen molar-refractivity contribution in [2.75, 3.05) is 39.5 Å². The molecule has 11 nitrogen and oxygen atoms in total. The molecule has 3 atom stereocenters. The Labute approximate surface area is 321 Å². The van der Waals surface area contributed by atoms with Crippen LogP contribution in [0.15, 0.2) is 79.2 Å². The van der Waals surface area contributed by atoms with E-state index in [9.17, 15) is 25.4 Å². The van der Waals surface area contributed by atoms with E-state index in [1.165, 1.54) is 13.1 Å². The van der Waals surface area contributed by atoms with Crippen LogP contribution < -0.4 is 14.8 Å². The molecule has 1 aliphatic heterocycles. The van der Waals surface area contributed by atoms with Crippen molar-refractivity contribution >= 4 is 23.1 Å². The lowest BCUT2D eigenvalue weighted by Crippen LogP contribution is -2.53. The van der Waals surface area contributed by atoms with Crippen molar-refractivity contribution in [2.45, 2.75) is 70.4 Å². The summed E-state index contributed by atoms with van der Waals surface area (Å²) in [6, 6.07) is 17.4. The molecule has 286 valence electrons. The number of nitrogens with zero attached hydrogens (tertiary/aromatic N) is 3. The quantitative estimate of drug-likeness (QED) is 0.133. The van der Waals surface area contributed by atoms with Gasteiger partial charge < -0.3 is 34.4 Å². The Kier molecular flexibility index (Phi) is 11.8. The maximum Gasteiger partial charge on any atom is 0.326 e. The number of likely N-dealkylation sites (tertiary alicyclic amines) is 1. The van der Waals surface area contributed by atoms with Gasteiger partial charge in [-0.15, -0.1) is 0 Å². The number of halogens is 1. The summed E-state index contributed by atoms with van der Waals surface area (Å²) in [6.45, 7) is 8.26. The molecule has 1 saturated heterocycles. The monoisotopic (exact) mass is 756 g/mol. The second kappa shape index (κ2) is 16.2. The van der Waals surface area contributed by atoms with E-state index < -0.39 is 29.1 Å². The molecule has 3 aromatic rings. The van der Waals surface area contributed by atoms with E-state index in [4.69, 9.17) is 25.8 Å². The van der Waals surface area contributed by atoms with E-state index in [2.05, 4.69) is 59.4 Å². The van der Waals surface area contributed by atoms with E-state index in [-0.39, 0.29) is 36.3 Å². The number of rotatable bonds is 17. The van der Waals surface area contributed by atoms with E-state index in [0.717, 1.165) is 43.5 Å². The van der Waals surface area contributed by atoms with Gasteiger partial charge in [0.2, 0.25) is 0 Å². The normalized spacial score (nSPS) is 22.5. The van der Waals surface area contributed by atoms with Crippen molar-refractivity contribution in [3.05, 3.63) is 106 Å². The van der Waals surface area contributed by atoms with Crippen LogP contribution >= 0.6 is 11.6 Å². The standard InChI is InChI=1S/C42H49ClN4O7/c1-39(2)34(31-8-5-4-6-9-31)10-7-12-42(39,54-27-41(13-14-41)25-47-15-11-33(49)23-47)28-53-37-18-36(52-24-30-16-29(19-44)20-45-21-30)32(17-35(37)43)22-46-40(3,26-48)38(50)51/h4-10,12,16-18,20-21,33,46,48-49H,11,13-15,22-28H2,1-3H3,(H,50,51)/t33-,40?,42?/m1/s1. The molecule has 12 heteroatoms. The lowest BCUT2D eigenvalue weighted by molar-refractivity contribution is -0.145. The molecule has 1 saturated carbocycles.